The van der Waals surface area contributed by atoms with Crippen molar-refractivity contribution in [1.82, 2.24) is 0 Å². The zero-order chi connectivity index (χ0) is 9.84. The molecule has 0 fully saturated rings. The van der Waals surface area contributed by atoms with Crippen LogP contribution < -0.4 is 0 Å². The molecule has 0 heterocycles. The van der Waals surface area contributed by atoms with Crippen LogP contribution in [0.2, 0.25) is 0 Å². The first kappa shape index (κ1) is 10.5. The van der Waals surface area contributed by atoms with Crippen molar-refractivity contribution in [2.45, 2.75) is 32.8 Å². The molecule has 2 atom stereocenters. The van der Waals surface area contributed by atoms with Gasteiger partial charge in [0.2, 0.25) is 0 Å². The molecular formula is C11H18O2. The van der Waals surface area contributed by atoms with Crippen molar-refractivity contribution in [3.8, 4) is 0 Å². The fourth-order valence-corrected chi connectivity index (χ4v) is 1.63. The van der Waals surface area contributed by atoms with Gasteiger partial charge in [-0.15, -0.1) is 0 Å². The molecule has 13 heavy (non-hydrogen) atoms. The molecule has 0 aromatic heterocycles. The summed E-state index contributed by atoms with van der Waals surface area (Å²) >= 11 is 0. The molecule has 0 spiro atoms. The fraction of sp³-hybridized carbons (Fsp3) is 0.636. The normalized spacial score (nSPS) is 28.4. The molecule has 1 aliphatic carbocycles. The first-order valence-electron chi connectivity index (χ1n) is 4.66. The van der Waals surface area contributed by atoms with Crippen LogP contribution in [0.1, 0.15) is 26.7 Å². The van der Waals surface area contributed by atoms with Gasteiger partial charge in [0.25, 0.3) is 0 Å². The van der Waals surface area contributed by atoms with Gasteiger partial charge < -0.3 is 0 Å². The Balaban J connectivity index is 2.60. The van der Waals surface area contributed by atoms with Gasteiger partial charge in [0.05, 0.1) is 7.11 Å². The monoisotopic (exact) mass is 182 g/mol. The maximum Gasteiger partial charge on any atom is 0.114 e. The summed E-state index contributed by atoms with van der Waals surface area (Å²) in [5.74, 6) is 0.545. The number of hydrogen-bond acceptors (Lipinski definition) is 2. The Kier molecular flexibility index (Phi) is 3.70. The van der Waals surface area contributed by atoms with Crippen molar-refractivity contribution in [1.29, 1.82) is 0 Å². The summed E-state index contributed by atoms with van der Waals surface area (Å²) in [7, 11) is 1.55. The maximum absolute atomic E-state index is 5.17. The molecule has 2 unspecified atom stereocenters. The molecule has 0 aromatic rings. The Morgan fingerprint density at radius 2 is 2.31 bits per heavy atom. The van der Waals surface area contributed by atoms with E-state index >= 15 is 0 Å². The van der Waals surface area contributed by atoms with Gasteiger partial charge in [0.1, 0.15) is 6.10 Å². The lowest BCUT2D eigenvalue weighted by Gasteiger charge is -2.27. The second-order valence-corrected chi connectivity index (χ2v) is 3.71. The smallest absolute Gasteiger partial charge is 0.114 e. The molecular weight excluding hydrogens is 164 g/mol. The molecule has 0 aromatic carbocycles. The quantitative estimate of drug-likeness (QED) is 0.379. The standard InChI is InChI=1S/C11H18O2/c1-8(2)10-6-5-9(3)11(7-10)13-12-4/h5,10-11H,1,6-7H2,2-4H3. The van der Waals surface area contributed by atoms with E-state index in [1.165, 1.54) is 11.1 Å². The van der Waals surface area contributed by atoms with Crippen molar-refractivity contribution in [3.05, 3.63) is 23.8 Å². The summed E-state index contributed by atoms with van der Waals surface area (Å²) in [4.78, 5) is 9.88. The second-order valence-electron chi connectivity index (χ2n) is 3.71. The molecule has 0 saturated heterocycles. The zero-order valence-electron chi connectivity index (χ0n) is 8.67. The molecule has 0 saturated carbocycles. The van der Waals surface area contributed by atoms with Gasteiger partial charge in [-0.2, -0.15) is 0 Å². The van der Waals surface area contributed by atoms with E-state index in [1.54, 1.807) is 7.11 Å². The van der Waals surface area contributed by atoms with Gasteiger partial charge in [0, 0.05) is 0 Å². The Bertz CT molecular complexity index is 218. The summed E-state index contributed by atoms with van der Waals surface area (Å²) in [6, 6.07) is 0. The van der Waals surface area contributed by atoms with E-state index in [2.05, 4.69) is 26.5 Å². The molecule has 0 radical (unpaired) electrons. The third-order valence-electron chi connectivity index (χ3n) is 2.64. The minimum Gasteiger partial charge on any atom is -0.239 e. The van der Waals surface area contributed by atoms with Gasteiger partial charge in [-0.25, -0.2) is 9.78 Å². The van der Waals surface area contributed by atoms with Crippen LogP contribution >= 0.6 is 0 Å². The summed E-state index contributed by atoms with van der Waals surface area (Å²) in [6.07, 6.45) is 4.41. The number of allylic oxidation sites excluding steroid dienone is 2. The second kappa shape index (κ2) is 4.58. The fourth-order valence-electron chi connectivity index (χ4n) is 1.63. The Labute approximate surface area is 80.2 Å². The molecule has 1 aliphatic rings. The molecule has 0 aliphatic heterocycles. The van der Waals surface area contributed by atoms with Crippen molar-refractivity contribution in [2.24, 2.45) is 5.92 Å². The first-order valence-corrected chi connectivity index (χ1v) is 4.66. The van der Waals surface area contributed by atoms with E-state index < -0.39 is 0 Å². The minimum absolute atomic E-state index is 0.112. The van der Waals surface area contributed by atoms with Crippen LogP contribution in [0, 0.1) is 5.92 Å². The van der Waals surface area contributed by atoms with Crippen LogP contribution in [0.15, 0.2) is 23.8 Å². The largest absolute Gasteiger partial charge is 0.239 e. The van der Waals surface area contributed by atoms with E-state index in [-0.39, 0.29) is 6.10 Å². The highest BCUT2D eigenvalue weighted by atomic mass is 17.2. The van der Waals surface area contributed by atoms with Crippen molar-refractivity contribution in [3.63, 3.8) is 0 Å². The number of rotatable bonds is 3. The van der Waals surface area contributed by atoms with Crippen LogP contribution in [0.3, 0.4) is 0 Å². The number of hydrogen-bond donors (Lipinski definition) is 0. The van der Waals surface area contributed by atoms with Gasteiger partial charge in [-0.1, -0.05) is 18.2 Å². The van der Waals surface area contributed by atoms with Crippen molar-refractivity contribution in [2.75, 3.05) is 7.11 Å². The van der Waals surface area contributed by atoms with E-state index in [0.29, 0.717) is 5.92 Å². The van der Waals surface area contributed by atoms with Crippen LogP contribution in [0.4, 0.5) is 0 Å². The highest BCUT2D eigenvalue weighted by molar-refractivity contribution is 5.14. The average Bonchev–Trinajstić information content (AvgIpc) is 2.08. The highest BCUT2D eigenvalue weighted by Crippen LogP contribution is 2.29. The van der Waals surface area contributed by atoms with Crippen molar-refractivity contribution < 1.29 is 9.78 Å². The third kappa shape index (κ3) is 2.68. The maximum atomic E-state index is 5.17. The summed E-state index contributed by atoms with van der Waals surface area (Å²) in [6.45, 7) is 8.13. The molecule has 1 rings (SSSR count). The lowest BCUT2D eigenvalue weighted by molar-refractivity contribution is -0.298. The van der Waals surface area contributed by atoms with Crippen LogP contribution in [-0.2, 0) is 9.78 Å². The van der Waals surface area contributed by atoms with Gasteiger partial charge in [0.15, 0.2) is 0 Å². The molecule has 2 nitrogen and oxygen atoms in total. The molecule has 2 heteroatoms. The van der Waals surface area contributed by atoms with E-state index in [4.69, 9.17) is 9.78 Å². The SMILES string of the molecule is C=C(C)C1CC=C(C)C(OOC)C1. The molecule has 0 bridgehead atoms. The van der Waals surface area contributed by atoms with Crippen LogP contribution in [0.25, 0.3) is 0 Å². The van der Waals surface area contributed by atoms with Gasteiger partial charge in [-0.05, 0) is 38.2 Å². The first-order chi connectivity index (χ1) is 6.15. The van der Waals surface area contributed by atoms with Gasteiger partial charge in [-0.3, -0.25) is 0 Å². The average molecular weight is 182 g/mol. The molecule has 0 amide bonds. The van der Waals surface area contributed by atoms with E-state index in [9.17, 15) is 0 Å². The lowest BCUT2D eigenvalue weighted by Crippen LogP contribution is -2.22. The Morgan fingerprint density at radius 3 is 2.85 bits per heavy atom. The van der Waals surface area contributed by atoms with Crippen LogP contribution in [0.5, 0.6) is 0 Å². The van der Waals surface area contributed by atoms with Crippen LogP contribution in [-0.4, -0.2) is 13.2 Å². The van der Waals surface area contributed by atoms with E-state index in [1.807, 2.05) is 0 Å². The Hall–Kier alpha value is -0.600. The predicted molar refractivity (Wildman–Crippen MR) is 53.2 cm³/mol. The van der Waals surface area contributed by atoms with Gasteiger partial charge >= 0.3 is 0 Å². The summed E-state index contributed by atoms with van der Waals surface area (Å²) in [5.41, 5.74) is 2.49. The van der Waals surface area contributed by atoms with Crippen molar-refractivity contribution >= 4 is 0 Å². The minimum atomic E-state index is 0.112. The molecule has 0 N–H and O–H groups in total. The third-order valence-corrected chi connectivity index (χ3v) is 2.64. The highest BCUT2D eigenvalue weighted by Gasteiger charge is 2.23. The summed E-state index contributed by atoms with van der Waals surface area (Å²) < 4.78 is 0. The molecule has 74 valence electrons. The summed E-state index contributed by atoms with van der Waals surface area (Å²) in [5, 5.41) is 0. The topological polar surface area (TPSA) is 18.5 Å². The van der Waals surface area contributed by atoms with E-state index in [0.717, 1.165) is 12.8 Å². The zero-order valence-corrected chi connectivity index (χ0v) is 8.67. The predicted octanol–water partition coefficient (Wildman–Crippen LogP) is 2.87. The Morgan fingerprint density at radius 1 is 1.62 bits per heavy atom. The lowest BCUT2D eigenvalue weighted by atomic mass is 9.84.